The molecule has 41 heavy (non-hydrogen) atoms. The smallest absolute Gasteiger partial charge is 0.416 e. The topological polar surface area (TPSA) is 61.3 Å². The number of rotatable bonds is 12. The van der Waals surface area contributed by atoms with Crippen molar-refractivity contribution in [3.8, 4) is 0 Å². The molecule has 5 nitrogen and oxygen atoms in total. The highest BCUT2D eigenvalue weighted by Crippen LogP contribution is 2.30. The molecule has 0 fully saturated rings. The van der Waals surface area contributed by atoms with E-state index < -0.39 is 23.5 Å². The van der Waals surface area contributed by atoms with Crippen LogP contribution in [-0.4, -0.2) is 22.3 Å². The molecular formula is C29H24F6N2O3S. The highest BCUT2D eigenvalue weighted by molar-refractivity contribution is 7.98. The van der Waals surface area contributed by atoms with Crippen LogP contribution in [0.2, 0.25) is 0 Å². The number of hydrogen-bond acceptors (Lipinski definition) is 6. The van der Waals surface area contributed by atoms with Crippen LogP contribution in [0.5, 0.6) is 0 Å². The van der Waals surface area contributed by atoms with Gasteiger partial charge in [-0.2, -0.15) is 38.1 Å². The molecular weight excluding hydrogens is 570 g/mol. The van der Waals surface area contributed by atoms with Gasteiger partial charge in [-0.25, -0.2) is 9.97 Å². The molecule has 0 aliphatic carbocycles. The Morgan fingerprint density at radius 1 is 0.683 bits per heavy atom. The van der Waals surface area contributed by atoms with Gasteiger partial charge in [0, 0.05) is 24.5 Å². The zero-order valence-corrected chi connectivity index (χ0v) is 22.2. The minimum Gasteiger partial charge on any atom is -0.445 e. The number of oxazole rings is 2. The SMILES string of the molecule is FC(F)(F)c1ccc(/C=C/c2nc(COCCCSCc3coc(/C=C/c4ccc(C(F)(F)F)cc4)n3)co2)cc1. The van der Waals surface area contributed by atoms with Gasteiger partial charge in [-0.05, 0) is 59.7 Å². The molecule has 216 valence electrons. The second-order valence-corrected chi connectivity index (χ2v) is 9.82. The van der Waals surface area contributed by atoms with E-state index in [1.807, 2.05) is 0 Å². The molecule has 0 radical (unpaired) electrons. The van der Waals surface area contributed by atoms with Gasteiger partial charge in [-0.15, -0.1) is 0 Å². The summed E-state index contributed by atoms with van der Waals surface area (Å²) in [4.78, 5) is 8.62. The van der Waals surface area contributed by atoms with E-state index in [0.717, 1.165) is 42.1 Å². The fraction of sp³-hybridized carbons (Fsp3) is 0.241. The van der Waals surface area contributed by atoms with Crippen molar-refractivity contribution in [1.29, 1.82) is 0 Å². The molecule has 2 aromatic carbocycles. The first-order chi connectivity index (χ1) is 19.6. The average Bonchev–Trinajstić information content (AvgIpc) is 3.59. The molecule has 4 aromatic rings. The first-order valence-electron chi connectivity index (χ1n) is 12.3. The molecule has 0 amide bonds. The Kier molecular flexibility index (Phi) is 10.1. The zero-order valence-electron chi connectivity index (χ0n) is 21.4. The fourth-order valence-electron chi connectivity index (χ4n) is 3.45. The van der Waals surface area contributed by atoms with Crippen LogP contribution in [0.15, 0.2) is 69.9 Å². The largest absolute Gasteiger partial charge is 0.445 e. The van der Waals surface area contributed by atoms with Gasteiger partial charge in [0.05, 0.1) is 23.4 Å². The third kappa shape index (κ3) is 9.68. The van der Waals surface area contributed by atoms with Gasteiger partial charge >= 0.3 is 12.4 Å². The van der Waals surface area contributed by atoms with Gasteiger partial charge in [0.15, 0.2) is 0 Å². The van der Waals surface area contributed by atoms with Crippen LogP contribution in [-0.2, 0) is 29.4 Å². The Hall–Kier alpha value is -3.77. The maximum Gasteiger partial charge on any atom is 0.416 e. The summed E-state index contributed by atoms with van der Waals surface area (Å²) in [5.41, 5.74) is 1.13. The van der Waals surface area contributed by atoms with Crippen LogP contribution in [0.4, 0.5) is 26.3 Å². The van der Waals surface area contributed by atoms with E-state index in [1.54, 1.807) is 42.3 Å². The molecule has 12 heteroatoms. The molecule has 0 N–H and O–H groups in total. The van der Waals surface area contributed by atoms with E-state index in [4.69, 9.17) is 13.6 Å². The van der Waals surface area contributed by atoms with E-state index in [-0.39, 0.29) is 6.61 Å². The number of ether oxygens (including phenoxy) is 1. The molecule has 0 bridgehead atoms. The van der Waals surface area contributed by atoms with Gasteiger partial charge < -0.3 is 13.6 Å². The van der Waals surface area contributed by atoms with Crippen molar-refractivity contribution in [3.05, 3.63) is 106 Å². The summed E-state index contributed by atoms with van der Waals surface area (Å²) in [6, 6.07) is 9.59. The second-order valence-electron chi connectivity index (χ2n) is 8.72. The van der Waals surface area contributed by atoms with Crippen molar-refractivity contribution in [1.82, 2.24) is 9.97 Å². The zero-order chi connectivity index (χ0) is 29.3. The number of benzene rings is 2. The van der Waals surface area contributed by atoms with Crippen LogP contribution < -0.4 is 0 Å². The molecule has 0 saturated heterocycles. The Morgan fingerprint density at radius 3 is 1.68 bits per heavy atom. The summed E-state index contributed by atoms with van der Waals surface area (Å²) in [6.45, 7) is 0.775. The van der Waals surface area contributed by atoms with E-state index in [1.165, 1.54) is 30.5 Å². The Bertz CT molecular complexity index is 1330. The fourth-order valence-corrected chi connectivity index (χ4v) is 4.26. The summed E-state index contributed by atoms with van der Waals surface area (Å²) in [5, 5.41) is 0. The Morgan fingerprint density at radius 2 is 1.17 bits per heavy atom. The summed E-state index contributed by atoms with van der Waals surface area (Å²) in [6.07, 6.45) is 1.49. The molecule has 0 aliphatic rings. The van der Waals surface area contributed by atoms with E-state index in [2.05, 4.69) is 9.97 Å². The minimum atomic E-state index is -4.37. The molecule has 2 heterocycles. The monoisotopic (exact) mass is 594 g/mol. The predicted molar refractivity (Wildman–Crippen MR) is 144 cm³/mol. The van der Waals surface area contributed by atoms with Crippen molar-refractivity contribution in [2.45, 2.75) is 31.1 Å². The molecule has 2 aromatic heterocycles. The van der Waals surface area contributed by atoms with Crippen molar-refractivity contribution in [2.75, 3.05) is 12.4 Å². The van der Waals surface area contributed by atoms with Crippen LogP contribution in [0, 0.1) is 0 Å². The number of alkyl halides is 6. The molecule has 0 spiro atoms. The number of aromatic nitrogens is 2. The third-order valence-electron chi connectivity index (χ3n) is 5.53. The molecule has 4 rings (SSSR count). The first kappa shape index (κ1) is 30.2. The van der Waals surface area contributed by atoms with Gasteiger partial charge in [-0.1, -0.05) is 24.3 Å². The average molecular weight is 595 g/mol. The lowest BCUT2D eigenvalue weighted by Gasteiger charge is -2.05. The lowest BCUT2D eigenvalue weighted by Crippen LogP contribution is -2.03. The number of thioether (sulfide) groups is 1. The van der Waals surface area contributed by atoms with Crippen molar-refractivity contribution in [2.24, 2.45) is 0 Å². The van der Waals surface area contributed by atoms with Crippen LogP contribution in [0.3, 0.4) is 0 Å². The minimum absolute atomic E-state index is 0.264. The van der Waals surface area contributed by atoms with E-state index in [0.29, 0.717) is 41.0 Å². The van der Waals surface area contributed by atoms with Crippen molar-refractivity contribution < 1.29 is 39.9 Å². The maximum atomic E-state index is 12.7. The van der Waals surface area contributed by atoms with Gasteiger partial charge in [-0.3, -0.25) is 0 Å². The molecule has 0 atom stereocenters. The lowest BCUT2D eigenvalue weighted by atomic mass is 10.1. The van der Waals surface area contributed by atoms with Gasteiger partial charge in [0.2, 0.25) is 11.8 Å². The van der Waals surface area contributed by atoms with E-state index >= 15 is 0 Å². The van der Waals surface area contributed by atoms with E-state index in [9.17, 15) is 26.3 Å². The van der Waals surface area contributed by atoms with Crippen molar-refractivity contribution >= 4 is 36.1 Å². The van der Waals surface area contributed by atoms with Gasteiger partial charge in [0.1, 0.15) is 18.2 Å². The lowest BCUT2D eigenvalue weighted by molar-refractivity contribution is -0.138. The quantitative estimate of drug-likeness (QED) is 0.121. The summed E-state index contributed by atoms with van der Waals surface area (Å²) in [7, 11) is 0. The number of halogens is 6. The highest BCUT2D eigenvalue weighted by atomic mass is 32.2. The molecule has 0 aliphatic heterocycles. The Labute approximate surface area is 235 Å². The standard InChI is InChI=1S/C29H24F6N2O3S/c30-28(31,32)22-8-2-20(3-9-22)6-12-26-36-24(17-39-26)16-38-14-1-15-41-19-25-18-40-27(37-25)13-7-21-4-10-23(11-5-21)29(33,34)35/h2-13,17-18H,1,14-16,19H2/b12-6+,13-7+. The first-order valence-corrected chi connectivity index (χ1v) is 13.5. The second kappa shape index (κ2) is 13.7. The number of hydrogen-bond donors (Lipinski definition) is 0. The van der Waals surface area contributed by atoms with Crippen LogP contribution >= 0.6 is 11.8 Å². The van der Waals surface area contributed by atoms with Crippen molar-refractivity contribution in [3.63, 3.8) is 0 Å². The maximum absolute atomic E-state index is 12.7. The normalized spacial score (nSPS) is 12.6. The predicted octanol–water partition coefficient (Wildman–Crippen LogP) is 8.88. The van der Waals surface area contributed by atoms with Crippen LogP contribution in [0.1, 0.15) is 51.8 Å². The van der Waals surface area contributed by atoms with Gasteiger partial charge in [0.25, 0.3) is 0 Å². The molecule has 0 saturated carbocycles. The summed E-state index contributed by atoms with van der Waals surface area (Å²) >= 11 is 1.66. The summed E-state index contributed by atoms with van der Waals surface area (Å²) in [5.74, 6) is 2.14. The highest BCUT2D eigenvalue weighted by Gasteiger charge is 2.30. The number of nitrogens with zero attached hydrogens (tertiary/aromatic N) is 2. The summed E-state index contributed by atoms with van der Waals surface area (Å²) < 4.78 is 92.3. The van der Waals surface area contributed by atoms with Crippen LogP contribution in [0.25, 0.3) is 24.3 Å². The Balaban J connectivity index is 1.10. The molecule has 0 unspecified atom stereocenters. The third-order valence-corrected chi connectivity index (χ3v) is 6.61.